The molecule has 2 N–H and O–H groups in total. The Bertz CT molecular complexity index is 1200. The molecule has 28 heavy (non-hydrogen) atoms. The number of hydrogen-bond acceptors (Lipinski definition) is 4. The minimum absolute atomic E-state index is 0.180. The number of hydrogen-bond donors (Lipinski definition) is 2. The van der Waals surface area contributed by atoms with Crippen LogP contribution in [0.5, 0.6) is 0 Å². The average Bonchev–Trinajstić information content (AvgIpc) is 3.30. The molecular weight excluding hydrogens is 361 g/mol. The normalized spacial score (nSPS) is 15.6. The predicted molar refractivity (Wildman–Crippen MR) is 105 cm³/mol. The van der Waals surface area contributed by atoms with Crippen LogP contribution < -0.4 is 5.69 Å². The van der Waals surface area contributed by atoms with E-state index in [4.69, 9.17) is 4.74 Å². The summed E-state index contributed by atoms with van der Waals surface area (Å²) in [4.78, 5) is 24.8. The van der Waals surface area contributed by atoms with Gasteiger partial charge in [0, 0.05) is 49.5 Å². The SMILES string of the molecule is O=c1[nH]c2ncc(-c3cc(F)c4[nH]ccc4c3)cc2n1CCN1CCOCC1. The van der Waals surface area contributed by atoms with E-state index in [1.165, 1.54) is 6.07 Å². The summed E-state index contributed by atoms with van der Waals surface area (Å²) in [6.45, 7) is 4.52. The minimum atomic E-state index is -0.309. The predicted octanol–water partition coefficient (Wildman–Crippen LogP) is 2.34. The van der Waals surface area contributed by atoms with Gasteiger partial charge in [-0.15, -0.1) is 0 Å². The van der Waals surface area contributed by atoms with Crippen LogP contribution in [0.3, 0.4) is 0 Å². The second-order valence-electron chi connectivity index (χ2n) is 7.03. The maximum absolute atomic E-state index is 14.4. The highest BCUT2D eigenvalue weighted by Crippen LogP contribution is 2.27. The first-order valence-corrected chi connectivity index (χ1v) is 9.35. The molecule has 7 nitrogen and oxygen atoms in total. The first-order chi connectivity index (χ1) is 13.7. The zero-order valence-corrected chi connectivity index (χ0v) is 15.2. The van der Waals surface area contributed by atoms with Crippen LogP contribution in [0, 0.1) is 5.82 Å². The van der Waals surface area contributed by atoms with E-state index in [9.17, 15) is 9.18 Å². The third-order valence-electron chi connectivity index (χ3n) is 5.32. The summed E-state index contributed by atoms with van der Waals surface area (Å²) in [7, 11) is 0. The number of morpholine rings is 1. The standard InChI is InChI=1S/C20H20FN5O2/c21-16-10-14(9-13-1-2-22-18(13)16)15-11-17-19(23-12-15)24-20(27)26(17)4-3-25-5-7-28-8-6-25/h1-2,9-12,22H,3-8H2,(H,23,24,27). The maximum atomic E-state index is 14.4. The lowest BCUT2D eigenvalue weighted by atomic mass is 10.1. The van der Waals surface area contributed by atoms with Gasteiger partial charge < -0.3 is 9.72 Å². The van der Waals surface area contributed by atoms with Crippen LogP contribution in [0.2, 0.25) is 0 Å². The van der Waals surface area contributed by atoms with Crippen molar-refractivity contribution >= 4 is 22.1 Å². The Morgan fingerprint density at radius 1 is 1.14 bits per heavy atom. The molecule has 1 aromatic carbocycles. The number of halogens is 1. The maximum Gasteiger partial charge on any atom is 0.327 e. The molecular formula is C20H20FN5O2. The summed E-state index contributed by atoms with van der Waals surface area (Å²) in [5.41, 5.74) is 3.08. The van der Waals surface area contributed by atoms with Crippen molar-refractivity contribution in [2.45, 2.75) is 6.54 Å². The third kappa shape index (κ3) is 3.00. The molecule has 4 aromatic rings. The molecule has 1 aliphatic rings. The van der Waals surface area contributed by atoms with Gasteiger partial charge >= 0.3 is 5.69 Å². The topological polar surface area (TPSA) is 78.9 Å². The lowest BCUT2D eigenvalue weighted by Gasteiger charge is -2.26. The van der Waals surface area contributed by atoms with Gasteiger partial charge in [-0.25, -0.2) is 14.2 Å². The van der Waals surface area contributed by atoms with Crippen LogP contribution in [0.25, 0.3) is 33.2 Å². The van der Waals surface area contributed by atoms with Gasteiger partial charge in [0.1, 0.15) is 5.82 Å². The number of imidazole rings is 1. The van der Waals surface area contributed by atoms with Crippen LogP contribution in [-0.4, -0.2) is 57.3 Å². The molecule has 0 unspecified atom stereocenters. The molecule has 5 rings (SSSR count). The Kier molecular flexibility index (Phi) is 4.22. The zero-order chi connectivity index (χ0) is 19.1. The molecule has 3 aromatic heterocycles. The molecule has 0 saturated carbocycles. The van der Waals surface area contributed by atoms with Crippen LogP contribution in [0.15, 0.2) is 41.5 Å². The molecule has 0 amide bonds. The van der Waals surface area contributed by atoms with Crippen LogP contribution in [-0.2, 0) is 11.3 Å². The number of rotatable bonds is 4. The Morgan fingerprint density at radius 2 is 2.00 bits per heavy atom. The number of nitrogens with zero attached hydrogens (tertiary/aromatic N) is 3. The lowest BCUT2D eigenvalue weighted by molar-refractivity contribution is 0.0364. The summed E-state index contributed by atoms with van der Waals surface area (Å²) in [6, 6.07) is 7.14. The van der Waals surface area contributed by atoms with E-state index in [2.05, 4.69) is 19.9 Å². The number of nitrogens with one attached hydrogen (secondary N) is 2. The number of aromatic nitrogens is 4. The number of pyridine rings is 1. The fourth-order valence-corrected chi connectivity index (χ4v) is 3.77. The van der Waals surface area contributed by atoms with Gasteiger partial charge in [-0.2, -0.15) is 0 Å². The van der Waals surface area contributed by atoms with Gasteiger partial charge in [0.25, 0.3) is 0 Å². The molecule has 8 heteroatoms. The smallest absolute Gasteiger partial charge is 0.327 e. The molecule has 0 aliphatic carbocycles. The average molecular weight is 381 g/mol. The van der Waals surface area contributed by atoms with E-state index >= 15 is 0 Å². The largest absolute Gasteiger partial charge is 0.379 e. The van der Waals surface area contributed by atoms with Gasteiger partial charge in [0.2, 0.25) is 0 Å². The Hall–Kier alpha value is -2.97. The Morgan fingerprint density at radius 3 is 2.86 bits per heavy atom. The highest BCUT2D eigenvalue weighted by atomic mass is 19.1. The van der Waals surface area contributed by atoms with E-state index in [-0.39, 0.29) is 11.5 Å². The van der Waals surface area contributed by atoms with Crippen molar-refractivity contribution < 1.29 is 9.13 Å². The van der Waals surface area contributed by atoms with Crippen LogP contribution in [0.1, 0.15) is 0 Å². The molecule has 0 spiro atoms. The van der Waals surface area contributed by atoms with Crippen molar-refractivity contribution in [3.63, 3.8) is 0 Å². The van der Waals surface area contributed by atoms with Gasteiger partial charge in [-0.1, -0.05) is 0 Å². The minimum Gasteiger partial charge on any atom is -0.379 e. The number of ether oxygens (including phenoxy) is 1. The molecule has 1 aliphatic heterocycles. The molecule has 0 atom stereocenters. The monoisotopic (exact) mass is 381 g/mol. The second-order valence-corrected chi connectivity index (χ2v) is 7.03. The van der Waals surface area contributed by atoms with Gasteiger partial charge in [-0.05, 0) is 29.8 Å². The van der Waals surface area contributed by atoms with E-state index in [1.54, 1.807) is 17.0 Å². The van der Waals surface area contributed by atoms with Gasteiger partial charge in [0.05, 0.1) is 24.2 Å². The molecule has 1 saturated heterocycles. The van der Waals surface area contributed by atoms with Crippen molar-refractivity contribution in [1.82, 2.24) is 24.4 Å². The molecule has 1 fully saturated rings. The summed E-state index contributed by atoms with van der Waals surface area (Å²) in [5, 5.41) is 0.800. The number of H-pyrrole nitrogens is 2. The molecule has 0 radical (unpaired) electrons. The lowest BCUT2D eigenvalue weighted by Crippen LogP contribution is -2.39. The van der Waals surface area contributed by atoms with E-state index in [1.807, 2.05) is 18.2 Å². The van der Waals surface area contributed by atoms with E-state index < -0.39 is 0 Å². The molecule has 0 bridgehead atoms. The van der Waals surface area contributed by atoms with E-state index in [0.29, 0.717) is 17.7 Å². The van der Waals surface area contributed by atoms with Crippen LogP contribution in [0.4, 0.5) is 4.39 Å². The van der Waals surface area contributed by atoms with Crippen molar-refractivity contribution in [2.24, 2.45) is 0 Å². The number of aromatic amines is 2. The van der Waals surface area contributed by atoms with Crippen molar-refractivity contribution in [3.05, 3.63) is 53.0 Å². The van der Waals surface area contributed by atoms with E-state index in [0.717, 1.165) is 54.9 Å². The fourth-order valence-electron chi connectivity index (χ4n) is 3.77. The van der Waals surface area contributed by atoms with Crippen molar-refractivity contribution in [2.75, 3.05) is 32.8 Å². The Balaban J connectivity index is 1.51. The Labute approximate surface area is 159 Å². The summed E-state index contributed by atoms with van der Waals surface area (Å²) < 4.78 is 21.4. The number of fused-ring (bicyclic) bond motifs is 2. The first kappa shape index (κ1) is 17.2. The highest BCUT2D eigenvalue weighted by molar-refractivity contribution is 5.87. The van der Waals surface area contributed by atoms with Gasteiger partial charge in [-0.3, -0.25) is 14.5 Å². The quantitative estimate of drug-likeness (QED) is 0.569. The summed E-state index contributed by atoms with van der Waals surface area (Å²) in [6.07, 6.45) is 3.38. The third-order valence-corrected chi connectivity index (χ3v) is 5.32. The van der Waals surface area contributed by atoms with Gasteiger partial charge in [0.15, 0.2) is 5.65 Å². The summed E-state index contributed by atoms with van der Waals surface area (Å²) in [5.74, 6) is -0.309. The summed E-state index contributed by atoms with van der Waals surface area (Å²) >= 11 is 0. The molecule has 144 valence electrons. The highest BCUT2D eigenvalue weighted by Gasteiger charge is 2.14. The first-order valence-electron chi connectivity index (χ1n) is 9.35. The second kappa shape index (κ2) is 6.88. The van der Waals surface area contributed by atoms with Crippen molar-refractivity contribution in [3.8, 4) is 11.1 Å². The van der Waals surface area contributed by atoms with Crippen LogP contribution >= 0.6 is 0 Å². The zero-order valence-electron chi connectivity index (χ0n) is 15.2. The number of benzene rings is 1. The molecule has 4 heterocycles. The van der Waals surface area contributed by atoms with Crippen molar-refractivity contribution in [1.29, 1.82) is 0 Å². The fraction of sp³-hybridized carbons (Fsp3) is 0.300.